The summed E-state index contributed by atoms with van der Waals surface area (Å²) < 4.78 is 5.67. The molecule has 1 aliphatic rings. The summed E-state index contributed by atoms with van der Waals surface area (Å²) in [6.45, 7) is 8.61. The van der Waals surface area contributed by atoms with E-state index in [1.54, 1.807) is 6.20 Å². The third-order valence-electron chi connectivity index (χ3n) is 5.30. The number of anilines is 3. The van der Waals surface area contributed by atoms with Crippen LogP contribution in [0.5, 0.6) is 5.75 Å². The number of aromatic nitrogens is 3. The van der Waals surface area contributed by atoms with E-state index < -0.39 is 0 Å². The summed E-state index contributed by atoms with van der Waals surface area (Å²) in [5, 5.41) is 3.26. The third-order valence-corrected chi connectivity index (χ3v) is 5.30. The average Bonchev–Trinajstić information content (AvgIpc) is 2.77. The van der Waals surface area contributed by atoms with Gasteiger partial charge in [-0.05, 0) is 56.2 Å². The van der Waals surface area contributed by atoms with Crippen LogP contribution < -0.4 is 15.0 Å². The highest BCUT2D eigenvalue weighted by atomic mass is 16.5. The molecule has 0 atom stereocenters. The van der Waals surface area contributed by atoms with E-state index in [-0.39, 0.29) is 12.5 Å². The molecule has 0 radical (unpaired) electrons. The number of hydrogen-bond donors (Lipinski definition) is 1. The molecule has 1 aromatic carbocycles. The van der Waals surface area contributed by atoms with Crippen LogP contribution in [0.1, 0.15) is 17.0 Å². The number of piperazine rings is 1. The molecule has 166 valence electrons. The fourth-order valence-corrected chi connectivity index (χ4v) is 3.64. The minimum Gasteiger partial charge on any atom is -0.484 e. The van der Waals surface area contributed by atoms with E-state index in [1.807, 2.05) is 68.1 Å². The molecule has 1 aliphatic heterocycles. The molecule has 4 rings (SSSR count). The van der Waals surface area contributed by atoms with Crippen LogP contribution in [0.4, 0.5) is 17.5 Å². The number of pyridine rings is 1. The maximum atomic E-state index is 12.6. The van der Waals surface area contributed by atoms with Crippen LogP contribution in [-0.4, -0.2) is 58.5 Å². The van der Waals surface area contributed by atoms with Gasteiger partial charge in [0.15, 0.2) is 6.61 Å². The van der Waals surface area contributed by atoms with Gasteiger partial charge in [0.2, 0.25) is 0 Å². The van der Waals surface area contributed by atoms with Crippen LogP contribution in [-0.2, 0) is 4.79 Å². The molecular weight excluding hydrogens is 404 g/mol. The summed E-state index contributed by atoms with van der Waals surface area (Å²) in [6, 6.07) is 13.6. The minimum absolute atomic E-state index is 0.00194. The zero-order valence-corrected chi connectivity index (χ0v) is 18.7. The van der Waals surface area contributed by atoms with Crippen LogP contribution in [0.25, 0.3) is 0 Å². The van der Waals surface area contributed by atoms with E-state index in [1.165, 1.54) is 0 Å². The first-order valence-corrected chi connectivity index (χ1v) is 10.7. The van der Waals surface area contributed by atoms with Crippen molar-refractivity contribution in [2.75, 3.05) is 43.0 Å². The topological polar surface area (TPSA) is 83.5 Å². The zero-order chi connectivity index (χ0) is 22.5. The van der Waals surface area contributed by atoms with Crippen molar-refractivity contribution < 1.29 is 9.53 Å². The summed E-state index contributed by atoms with van der Waals surface area (Å²) >= 11 is 0. The molecule has 3 heterocycles. The summed E-state index contributed by atoms with van der Waals surface area (Å²) in [5.74, 6) is 3.70. The predicted molar refractivity (Wildman–Crippen MR) is 124 cm³/mol. The quantitative estimate of drug-likeness (QED) is 0.640. The highest BCUT2D eigenvalue weighted by Crippen LogP contribution is 2.21. The number of ether oxygens (including phenoxy) is 1. The van der Waals surface area contributed by atoms with Crippen LogP contribution >= 0.6 is 0 Å². The molecule has 0 unspecified atom stereocenters. The van der Waals surface area contributed by atoms with E-state index in [9.17, 15) is 4.79 Å². The van der Waals surface area contributed by atoms with Gasteiger partial charge in [0, 0.05) is 38.4 Å². The van der Waals surface area contributed by atoms with Crippen molar-refractivity contribution in [3.8, 4) is 5.75 Å². The second-order valence-corrected chi connectivity index (χ2v) is 7.98. The van der Waals surface area contributed by atoms with E-state index in [0.29, 0.717) is 37.8 Å². The van der Waals surface area contributed by atoms with E-state index >= 15 is 0 Å². The highest BCUT2D eigenvalue weighted by molar-refractivity contribution is 5.78. The Hall–Kier alpha value is -3.68. The number of hydrogen-bond acceptors (Lipinski definition) is 7. The fraction of sp³-hybridized carbons (Fsp3) is 0.333. The average molecular weight is 433 g/mol. The van der Waals surface area contributed by atoms with Gasteiger partial charge in [-0.25, -0.2) is 15.0 Å². The molecule has 0 saturated carbocycles. The number of rotatable bonds is 6. The van der Waals surface area contributed by atoms with Crippen LogP contribution in [0.3, 0.4) is 0 Å². The Labute approximate surface area is 188 Å². The Kier molecular flexibility index (Phi) is 6.49. The first kappa shape index (κ1) is 21.5. The van der Waals surface area contributed by atoms with Gasteiger partial charge in [-0.15, -0.1) is 0 Å². The first-order chi connectivity index (χ1) is 15.5. The molecule has 1 fully saturated rings. The van der Waals surface area contributed by atoms with Gasteiger partial charge in [0.05, 0.1) is 0 Å². The lowest BCUT2D eigenvalue weighted by Gasteiger charge is -2.35. The van der Waals surface area contributed by atoms with Crippen LogP contribution in [0.15, 0.2) is 48.7 Å². The maximum Gasteiger partial charge on any atom is 0.260 e. The summed E-state index contributed by atoms with van der Waals surface area (Å²) in [5.41, 5.74) is 2.23. The summed E-state index contributed by atoms with van der Waals surface area (Å²) in [7, 11) is 0. The summed E-state index contributed by atoms with van der Waals surface area (Å²) in [6.07, 6.45) is 1.77. The minimum atomic E-state index is -0.00194. The molecule has 3 aromatic rings. The Balaban J connectivity index is 1.34. The van der Waals surface area contributed by atoms with Gasteiger partial charge in [-0.3, -0.25) is 4.79 Å². The van der Waals surface area contributed by atoms with Gasteiger partial charge in [0.1, 0.15) is 29.0 Å². The fourth-order valence-electron chi connectivity index (χ4n) is 3.64. The molecule has 1 amide bonds. The lowest BCUT2D eigenvalue weighted by Crippen LogP contribution is -2.50. The van der Waals surface area contributed by atoms with Crippen LogP contribution in [0, 0.1) is 20.8 Å². The lowest BCUT2D eigenvalue weighted by molar-refractivity contribution is -0.133. The monoisotopic (exact) mass is 432 g/mol. The Morgan fingerprint density at radius 2 is 1.75 bits per heavy atom. The highest BCUT2D eigenvalue weighted by Gasteiger charge is 2.23. The standard InChI is InChI=1S/C24H28N6O2/c1-17-5-4-6-20(13-17)32-16-24(31)30-11-9-29(10-12-30)23-15-22(26-19(3)27-23)28-21-14-18(2)7-8-25-21/h4-8,13-15H,9-12,16H2,1-3H3,(H,25,26,27,28). The molecule has 0 aliphatic carbocycles. The van der Waals surface area contributed by atoms with E-state index in [4.69, 9.17) is 4.74 Å². The number of amides is 1. The number of nitrogens with zero attached hydrogens (tertiary/aromatic N) is 5. The van der Waals surface area contributed by atoms with Gasteiger partial charge in [-0.2, -0.15) is 0 Å². The lowest BCUT2D eigenvalue weighted by atomic mass is 10.2. The van der Waals surface area contributed by atoms with Crippen molar-refractivity contribution in [3.63, 3.8) is 0 Å². The Morgan fingerprint density at radius 1 is 0.969 bits per heavy atom. The van der Waals surface area contributed by atoms with Gasteiger partial charge >= 0.3 is 0 Å². The van der Waals surface area contributed by atoms with Crippen molar-refractivity contribution in [1.82, 2.24) is 19.9 Å². The molecule has 1 N–H and O–H groups in total. The molecule has 8 heteroatoms. The van der Waals surface area contributed by atoms with Crippen molar-refractivity contribution >= 4 is 23.4 Å². The molecule has 32 heavy (non-hydrogen) atoms. The Morgan fingerprint density at radius 3 is 2.50 bits per heavy atom. The number of carbonyl (C=O) groups excluding carboxylic acids is 1. The predicted octanol–water partition coefficient (Wildman–Crippen LogP) is 3.27. The molecular formula is C24H28N6O2. The number of nitrogens with one attached hydrogen (secondary N) is 1. The molecule has 0 spiro atoms. The SMILES string of the molecule is Cc1cccc(OCC(=O)N2CCN(c3cc(Nc4cc(C)ccn4)nc(C)n3)CC2)c1. The number of carbonyl (C=O) groups is 1. The third kappa shape index (κ3) is 5.51. The van der Waals surface area contributed by atoms with Crippen molar-refractivity contribution in [2.45, 2.75) is 20.8 Å². The van der Waals surface area contributed by atoms with Gasteiger partial charge in [-0.1, -0.05) is 12.1 Å². The van der Waals surface area contributed by atoms with Crippen molar-refractivity contribution in [3.05, 3.63) is 65.6 Å². The normalized spacial score (nSPS) is 13.7. The second kappa shape index (κ2) is 9.64. The molecule has 8 nitrogen and oxygen atoms in total. The Bertz CT molecular complexity index is 1100. The number of aryl methyl sites for hydroxylation is 3. The molecule has 2 aromatic heterocycles. The van der Waals surface area contributed by atoms with Crippen LogP contribution in [0.2, 0.25) is 0 Å². The van der Waals surface area contributed by atoms with E-state index in [0.717, 1.165) is 28.5 Å². The molecule has 0 bridgehead atoms. The zero-order valence-electron chi connectivity index (χ0n) is 18.7. The summed E-state index contributed by atoms with van der Waals surface area (Å²) in [4.78, 5) is 30.0. The van der Waals surface area contributed by atoms with Gasteiger partial charge < -0.3 is 19.9 Å². The van der Waals surface area contributed by atoms with E-state index in [2.05, 4.69) is 25.2 Å². The first-order valence-electron chi connectivity index (χ1n) is 10.7. The second-order valence-electron chi connectivity index (χ2n) is 7.98. The van der Waals surface area contributed by atoms with Gasteiger partial charge in [0.25, 0.3) is 5.91 Å². The maximum absolute atomic E-state index is 12.6. The van der Waals surface area contributed by atoms with Crippen molar-refractivity contribution in [2.24, 2.45) is 0 Å². The van der Waals surface area contributed by atoms with Crippen molar-refractivity contribution in [1.29, 1.82) is 0 Å². The molecule has 1 saturated heterocycles. The largest absolute Gasteiger partial charge is 0.484 e. The smallest absolute Gasteiger partial charge is 0.260 e. The number of benzene rings is 1.